The number of ether oxygens (including phenoxy) is 4. The minimum Gasteiger partial charge on any atom is -0.423 e. The van der Waals surface area contributed by atoms with E-state index >= 15 is 0 Å². The Balaban J connectivity index is 2.04. The van der Waals surface area contributed by atoms with Gasteiger partial charge in [0.25, 0.3) is 0 Å². The molecule has 2 bridgehead atoms. The van der Waals surface area contributed by atoms with Crippen molar-refractivity contribution in [3.05, 3.63) is 12.2 Å². The number of hydrogen-bond donors (Lipinski definition) is 0. The topological polar surface area (TPSA) is 71.1 Å². The second-order valence-corrected chi connectivity index (χ2v) is 4.73. The molecule has 2 saturated heterocycles. The smallest absolute Gasteiger partial charge is 0.423 e. The van der Waals surface area contributed by atoms with Gasteiger partial charge >= 0.3 is 12.3 Å². The Kier molecular flexibility index (Phi) is 2.22. The van der Waals surface area contributed by atoms with E-state index in [2.05, 4.69) is 4.74 Å². The predicted molar refractivity (Wildman–Crippen MR) is 57.9 cm³/mol. The van der Waals surface area contributed by atoms with Crippen LogP contribution in [0.5, 0.6) is 0 Å². The zero-order valence-electron chi connectivity index (χ0n) is 10.2. The van der Waals surface area contributed by atoms with Crippen LogP contribution in [0.2, 0.25) is 0 Å². The highest BCUT2D eigenvalue weighted by molar-refractivity contribution is 5.78. The van der Waals surface area contributed by atoms with Crippen LogP contribution in [0.3, 0.4) is 0 Å². The molecule has 18 heavy (non-hydrogen) atoms. The SMILES string of the molecule is CCC12C=CC(CC)(O1)C1OC(=O)OC(=O)OC12. The Bertz CT molecular complexity index is 406. The molecule has 3 rings (SSSR count). The minimum absolute atomic E-state index is 0.622. The van der Waals surface area contributed by atoms with E-state index in [1.165, 1.54) is 0 Å². The fourth-order valence-corrected chi connectivity index (χ4v) is 2.95. The van der Waals surface area contributed by atoms with Gasteiger partial charge in [0.05, 0.1) is 0 Å². The standard InChI is InChI=1S/C12H14O6/c1-3-11-5-6-12(4-2,18-11)8-7(11)15-9(13)17-10(14)16-8/h5-8H,3-4H2,1-2H3. The van der Waals surface area contributed by atoms with Gasteiger partial charge in [-0.2, -0.15) is 0 Å². The highest BCUT2D eigenvalue weighted by Crippen LogP contribution is 2.52. The third-order valence-electron chi connectivity index (χ3n) is 3.98. The van der Waals surface area contributed by atoms with Crippen LogP contribution in [-0.4, -0.2) is 35.7 Å². The monoisotopic (exact) mass is 254 g/mol. The van der Waals surface area contributed by atoms with E-state index < -0.39 is 35.7 Å². The average Bonchev–Trinajstić information content (AvgIpc) is 2.79. The quantitative estimate of drug-likeness (QED) is 0.426. The number of carbonyl (C=O) groups is 2. The Hall–Kier alpha value is -1.56. The minimum atomic E-state index is -1.03. The predicted octanol–water partition coefficient (Wildman–Crippen LogP) is 1.92. The van der Waals surface area contributed by atoms with Gasteiger partial charge in [-0.15, -0.1) is 0 Å². The highest BCUT2D eigenvalue weighted by atomic mass is 16.8. The molecular weight excluding hydrogens is 240 g/mol. The molecule has 0 aliphatic carbocycles. The summed E-state index contributed by atoms with van der Waals surface area (Å²) < 4.78 is 20.7. The highest BCUT2D eigenvalue weighted by Gasteiger charge is 2.67. The van der Waals surface area contributed by atoms with Gasteiger partial charge in [0, 0.05) is 0 Å². The van der Waals surface area contributed by atoms with Gasteiger partial charge in [0.1, 0.15) is 11.2 Å². The van der Waals surface area contributed by atoms with E-state index in [9.17, 15) is 9.59 Å². The lowest BCUT2D eigenvalue weighted by Gasteiger charge is -2.30. The van der Waals surface area contributed by atoms with Crippen LogP contribution >= 0.6 is 0 Å². The van der Waals surface area contributed by atoms with Crippen LogP contribution in [0, 0.1) is 0 Å². The molecule has 0 aromatic heterocycles. The van der Waals surface area contributed by atoms with Gasteiger partial charge in [-0.3, -0.25) is 0 Å². The zero-order chi connectivity index (χ0) is 13.0. The summed E-state index contributed by atoms with van der Waals surface area (Å²) in [5, 5.41) is 0. The first kappa shape index (κ1) is 11.5. The van der Waals surface area contributed by atoms with Crippen molar-refractivity contribution in [1.82, 2.24) is 0 Å². The van der Waals surface area contributed by atoms with E-state index in [1.54, 1.807) is 0 Å². The molecule has 3 aliphatic heterocycles. The van der Waals surface area contributed by atoms with Crippen molar-refractivity contribution in [2.45, 2.75) is 50.1 Å². The lowest BCUT2D eigenvalue weighted by molar-refractivity contribution is -0.0800. The molecule has 98 valence electrons. The van der Waals surface area contributed by atoms with Crippen LogP contribution in [-0.2, 0) is 18.9 Å². The summed E-state index contributed by atoms with van der Waals surface area (Å²) in [6.45, 7) is 3.86. The second kappa shape index (κ2) is 3.47. The fraction of sp³-hybridized carbons (Fsp3) is 0.667. The van der Waals surface area contributed by atoms with Crippen molar-refractivity contribution in [2.24, 2.45) is 0 Å². The number of fused-ring (bicyclic) bond motifs is 5. The van der Waals surface area contributed by atoms with Crippen molar-refractivity contribution < 1.29 is 28.5 Å². The van der Waals surface area contributed by atoms with Gasteiger partial charge in [-0.1, -0.05) is 13.8 Å². The van der Waals surface area contributed by atoms with Crippen LogP contribution in [0.15, 0.2) is 12.2 Å². The molecule has 0 radical (unpaired) electrons. The van der Waals surface area contributed by atoms with Crippen molar-refractivity contribution in [1.29, 1.82) is 0 Å². The summed E-state index contributed by atoms with van der Waals surface area (Å²) in [5.74, 6) is 0. The molecular formula is C12H14O6. The third-order valence-corrected chi connectivity index (χ3v) is 3.98. The fourth-order valence-electron chi connectivity index (χ4n) is 2.95. The largest absolute Gasteiger partial charge is 0.519 e. The van der Waals surface area contributed by atoms with Crippen LogP contribution in [0.25, 0.3) is 0 Å². The molecule has 3 heterocycles. The molecule has 0 aromatic carbocycles. The van der Waals surface area contributed by atoms with Crippen LogP contribution < -0.4 is 0 Å². The third kappa shape index (κ3) is 1.26. The van der Waals surface area contributed by atoms with E-state index in [4.69, 9.17) is 14.2 Å². The molecule has 0 spiro atoms. The van der Waals surface area contributed by atoms with E-state index in [1.807, 2.05) is 26.0 Å². The lowest BCUT2D eigenvalue weighted by atomic mass is 9.81. The second-order valence-electron chi connectivity index (χ2n) is 4.73. The zero-order valence-corrected chi connectivity index (χ0v) is 10.2. The number of cyclic esters (lactones) is 2. The van der Waals surface area contributed by atoms with E-state index in [-0.39, 0.29) is 0 Å². The molecule has 0 saturated carbocycles. The Morgan fingerprint density at radius 1 is 1.00 bits per heavy atom. The van der Waals surface area contributed by atoms with Crippen molar-refractivity contribution in [3.63, 3.8) is 0 Å². The average molecular weight is 254 g/mol. The molecule has 6 nitrogen and oxygen atoms in total. The summed E-state index contributed by atoms with van der Waals surface area (Å²) in [6, 6.07) is 0. The maximum absolute atomic E-state index is 11.3. The summed E-state index contributed by atoms with van der Waals surface area (Å²) in [4.78, 5) is 22.7. The molecule has 0 aromatic rings. The molecule has 0 amide bonds. The Morgan fingerprint density at radius 3 is 1.83 bits per heavy atom. The van der Waals surface area contributed by atoms with Crippen molar-refractivity contribution >= 4 is 12.3 Å². The lowest BCUT2D eigenvalue weighted by Crippen LogP contribution is -2.48. The van der Waals surface area contributed by atoms with Gasteiger partial charge < -0.3 is 18.9 Å². The van der Waals surface area contributed by atoms with Crippen LogP contribution in [0.4, 0.5) is 9.59 Å². The van der Waals surface area contributed by atoms with Gasteiger partial charge in [-0.05, 0) is 25.0 Å². The van der Waals surface area contributed by atoms with Crippen molar-refractivity contribution in [2.75, 3.05) is 0 Å². The molecule has 2 fully saturated rings. The summed E-state index contributed by atoms with van der Waals surface area (Å²) in [6.07, 6.45) is 1.67. The molecule has 0 N–H and O–H groups in total. The summed E-state index contributed by atoms with van der Waals surface area (Å²) >= 11 is 0. The molecule has 3 aliphatic rings. The first-order valence-electron chi connectivity index (χ1n) is 6.05. The number of rotatable bonds is 2. The van der Waals surface area contributed by atoms with Gasteiger partial charge in [-0.25, -0.2) is 9.59 Å². The normalized spacial score (nSPS) is 45.0. The number of hydrogen-bond acceptors (Lipinski definition) is 6. The van der Waals surface area contributed by atoms with Gasteiger partial charge in [0.2, 0.25) is 0 Å². The molecule has 4 atom stereocenters. The van der Waals surface area contributed by atoms with Crippen molar-refractivity contribution in [3.8, 4) is 0 Å². The Labute approximate surface area is 104 Å². The van der Waals surface area contributed by atoms with Crippen LogP contribution in [0.1, 0.15) is 26.7 Å². The maximum Gasteiger partial charge on any atom is 0.519 e. The van der Waals surface area contributed by atoms with Gasteiger partial charge in [0.15, 0.2) is 12.2 Å². The first-order chi connectivity index (χ1) is 8.55. The molecule has 4 unspecified atom stereocenters. The molecule has 6 heteroatoms. The summed E-state index contributed by atoms with van der Waals surface area (Å²) in [5.41, 5.74) is -1.44. The maximum atomic E-state index is 11.3. The first-order valence-corrected chi connectivity index (χ1v) is 6.05. The summed E-state index contributed by atoms with van der Waals surface area (Å²) in [7, 11) is 0. The Morgan fingerprint density at radius 2 is 1.44 bits per heavy atom. The van der Waals surface area contributed by atoms with E-state index in [0.29, 0.717) is 12.8 Å². The number of carbonyl (C=O) groups excluding carboxylic acids is 2. The van der Waals surface area contributed by atoms with E-state index in [0.717, 1.165) is 0 Å².